The molecular formula is C19H22BrN3OS. The summed E-state index contributed by atoms with van der Waals surface area (Å²) >= 11 is 5.20. The number of para-hydroxylation sites is 1. The van der Waals surface area contributed by atoms with E-state index in [4.69, 9.17) is 0 Å². The minimum Gasteiger partial charge on any atom is -0.361 e. The zero-order chi connectivity index (χ0) is 17.6. The van der Waals surface area contributed by atoms with E-state index in [9.17, 15) is 4.79 Å². The summed E-state index contributed by atoms with van der Waals surface area (Å²) in [6.07, 6.45) is 2.86. The van der Waals surface area contributed by atoms with E-state index in [0.717, 1.165) is 28.8 Å². The lowest BCUT2D eigenvalue weighted by Crippen LogP contribution is -2.37. The van der Waals surface area contributed by atoms with Crippen molar-refractivity contribution in [3.05, 3.63) is 56.8 Å². The molecule has 0 bridgehead atoms. The van der Waals surface area contributed by atoms with Gasteiger partial charge in [-0.05, 0) is 52.7 Å². The fourth-order valence-corrected chi connectivity index (χ4v) is 4.40. The molecule has 2 aromatic heterocycles. The predicted molar refractivity (Wildman–Crippen MR) is 108 cm³/mol. The van der Waals surface area contributed by atoms with Crippen LogP contribution in [0.25, 0.3) is 10.9 Å². The molecular weight excluding hydrogens is 398 g/mol. The van der Waals surface area contributed by atoms with Gasteiger partial charge in [0.2, 0.25) is 5.91 Å². The monoisotopic (exact) mass is 419 g/mol. The smallest absolute Gasteiger partial charge is 0.234 e. The van der Waals surface area contributed by atoms with E-state index in [-0.39, 0.29) is 5.91 Å². The molecule has 1 aromatic carbocycles. The van der Waals surface area contributed by atoms with Crippen molar-refractivity contribution in [2.75, 3.05) is 19.6 Å². The van der Waals surface area contributed by atoms with Gasteiger partial charge >= 0.3 is 0 Å². The van der Waals surface area contributed by atoms with Gasteiger partial charge in [0.1, 0.15) is 0 Å². The van der Waals surface area contributed by atoms with Crippen molar-refractivity contribution >= 4 is 44.1 Å². The molecule has 2 N–H and O–H groups in total. The van der Waals surface area contributed by atoms with Gasteiger partial charge in [-0.15, -0.1) is 11.3 Å². The van der Waals surface area contributed by atoms with Crippen LogP contribution in [0.1, 0.15) is 17.4 Å². The first kappa shape index (κ1) is 18.2. The van der Waals surface area contributed by atoms with Crippen LogP contribution in [-0.2, 0) is 17.8 Å². The number of H-pyrrole nitrogens is 1. The summed E-state index contributed by atoms with van der Waals surface area (Å²) in [4.78, 5) is 18.9. The van der Waals surface area contributed by atoms with E-state index in [1.54, 1.807) is 11.3 Å². The molecule has 0 fully saturated rings. The zero-order valence-electron chi connectivity index (χ0n) is 14.2. The van der Waals surface area contributed by atoms with Crippen LogP contribution in [-0.4, -0.2) is 35.4 Å². The van der Waals surface area contributed by atoms with Crippen molar-refractivity contribution in [2.24, 2.45) is 0 Å². The Balaban J connectivity index is 1.47. The van der Waals surface area contributed by atoms with Gasteiger partial charge in [0.25, 0.3) is 0 Å². The molecule has 0 aliphatic rings. The number of nitrogens with zero attached hydrogens (tertiary/aromatic N) is 1. The number of aromatic nitrogens is 1. The number of nitrogens with one attached hydrogen (secondary N) is 2. The molecule has 0 unspecified atom stereocenters. The van der Waals surface area contributed by atoms with Crippen molar-refractivity contribution < 1.29 is 4.79 Å². The van der Waals surface area contributed by atoms with Gasteiger partial charge in [-0.3, -0.25) is 9.69 Å². The predicted octanol–water partition coefficient (Wildman–Crippen LogP) is 4.17. The molecule has 0 spiro atoms. The summed E-state index contributed by atoms with van der Waals surface area (Å²) in [5.74, 6) is 0.0808. The Bertz CT molecular complexity index is 842. The van der Waals surface area contributed by atoms with E-state index in [0.29, 0.717) is 13.1 Å². The number of halogens is 1. The molecule has 1 amide bonds. The number of thiophene rings is 1. The molecule has 0 atom stereocenters. The summed E-state index contributed by atoms with van der Waals surface area (Å²) in [7, 11) is 0. The number of likely N-dealkylation sites (N-methyl/N-ethyl adjacent to an activating group) is 1. The Labute approximate surface area is 160 Å². The molecule has 2 heterocycles. The van der Waals surface area contributed by atoms with E-state index < -0.39 is 0 Å². The number of benzene rings is 1. The van der Waals surface area contributed by atoms with Gasteiger partial charge in [-0.25, -0.2) is 0 Å². The van der Waals surface area contributed by atoms with Gasteiger partial charge in [0.05, 0.1) is 10.3 Å². The van der Waals surface area contributed by atoms with Crippen LogP contribution in [0.2, 0.25) is 0 Å². The maximum atomic E-state index is 12.2. The average molecular weight is 420 g/mol. The molecule has 0 saturated carbocycles. The summed E-state index contributed by atoms with van der Waals surface area (Å²) < 4.78 is 1.13. The number of carbonyl (C=O) groups excluding carboxylic acids is 1. The third-order valence-electron chi connectivity index (χ3n) is 4.21. The normalized spacial score (nSPS) is 11.3. The number of rotatable bonds is 8. The largest absolute Gasteiger partial charge is 0.361 e. The van der Waals surface area contributed by atoms with Crippen LogP contribution < -0.4 is 5.32 Å². The lowest BCUT2D eigenvalue weighted by atomic mass is 10.1. The lowest BCUT2D eigenvalue weighted by Gasteiger charge is -2.19. The van der Waals surface area contributed by atoms with Gasteiger partial charge in [0, 0.05) is 35.1 Å². The van der Waals surface area contributed by atoms with Crippen LogP contribution in [0, 0.1) is 0 Å². The number of hydrogen-bond acceptors (Lipinski definition) is 3. The van der Waals surface area contributed by atoms with Crippen molar-refractivity contribution in [1.29, 1.82) is 0 Å². The Kier molecular flexibility index (Phi) is 6.29. The van der Waals surface area contributed by atoms with Crippen molar-refractivity contribution in [2.45, 2.75) is 19.9 Å². The number of aromatic amines is 1. The number of carbonyl (C=O) groups is 1. The highest BCUT2D eigenvalue weighted by Crippen LogP contribution is 2.23. The molecule has 6 heteroatoms. The highest BCUT2D eigenvalue weighted by molar-refractivity contribution is 9.11. The maximum absolute atomic E-state index is 12.2. The summed E-state index contributed by atoms with van der Waals surface area (Å²) in [5.41, 5.74) is 2.38. The van der Waals surface area contributed by atoms with E-state index in [2.05, 4.69) is 62.3 Å². The third-order valence-corrected chi connectivity index (χ3v) is 5.82. The number of hydrogen-bond donors (Lipinski definition) is 2. The molecule has 0 saturated heterocycles. The fourth-order valence-electron chi connectivity index (χ4n) is 2.87. The number of amides is 1. The molecule has 3 aromatic rings. The van der Waals surface area contributed by atoms with Crippen LogP contribution in [0.15, 0.2) is 46.4 Å². The fraction of sp³-hybridized carbons (Fsp3) is 0.316. The molecule has 4 nitrogen and oxygen atoms in total. The molecule has 0 aliphatic heterocycles. The second kappa shape index (κ2) is 8.65. The molecule has 25 heavy (non-hydrogen) atoms. The molecule has 3 rings (SSSR count). The molecule has 0 aliphatic carbocycles. The van der Waals surface area contributed by atoms with Crippen molar-refractivity contribution in [3.63, 3.8) is 0 Å². The summed E-state index contributed by atoms with van der Waals surface area (Å²) in [5, 5.41) is 4.27. The minimum atomic E-state index is 0.0808. The Morgan fingerprint density at radius 2 is 2.12 bits per heavy atom. The van der Waals surface area contributed by atoms with Crippen LogP contribution in [0.5, 0.6) is 0 Å². The van der Waals surface area contributed by atoms with Gasteiger partial charge in [-0.2, -0.15) is 0 Å². The minimum absolute atomic E-state index is 0.0808. The van der Waals surface area contributed by atoms with Gasteiger partial charge in [0.15, 0.2) is 0 Å². The number of fused-ring (bicyclic) bond motifs is 1. The second-order valence-electron chi connectivity index (χ2n) is 5.97. The quantitative estimate of drug-likeness (QED) is 0.575. The Morgan fingerprint density at radius 3 is 2.88 bits per heavy atom. The van der Waals surface area contributed by atoms with Crippen LogP contribution >= 0.6 is 27.3 Å². The second-order valence-corrected chi connectivity index (χ2v) is 8.52. The van der Waals surface area contributed by atoms with E-state index in [1.807, 2.05) is 18.3 Å². The highest BCUT2D eigenvalue weighted by Gasteiger charge is 2.11. The SMILES string of the molecule is CCN(CC(=O)NCCc1c[nH]c2ccccc12)Cc1ccc(Br)s1. The van der Waals surface area contributed by atoms with Crippen LogP contribution in [0.4, 0.5) is 0 Å². The van der Waals surface area contributed by atoms with Crippen LogP contribution in [0.3, 0.4) is 0 Å². The van der Waals surface area contributed by atoms with E-state index >= 15 is 0 Å². The standard InChI is InChI=1S/C19H22BrN3OS/c1-2-23(12-15-7-8-18(20)25-15)13-19(24)21-10-9-14-11-22-17-6-4-3-5-16(14)17/h3-8,11,22H,2,9-10,12-13H2,1H3,(H,21,24). The van der Waals surface area contributed by atoms with Crippen molar-refractivity contribution in [3.8, 4) is 0 Å². The molecule has 132 valence electrons. The summed E-state index contributed by atoms with van der Waals surface area (Å²) in [6, 6.07) is 12.4. The first-order valence-electron chi connectivity index (χ1n) is 8.44. The third kappa shape index (κ3) is 4.93. The molecule has 0 radical (unpaired) electrons. The zero-order valence-corrected chi connectivity index (χ0v) is 16.6. The first-order chi connectivity index (χ1) is 12.2. The van der Waals surface area contributed by atoms with E-state index in [1.165, 1.54) is 15.8 Å². The highest BCUT2D eigenvalue weighted by atomic mass is 79.9. The average Bonchev–Trinajstić information content (AvgIpc) is 3.21. The topological polar surface area (TPSA) is 48.1 Å². The Hall–Kier alpha value is -1.63. The first-order valence-corrected chi connectivity index (χ1v) is 10.0. The summed E-state index contributed by atoms with van der Waals surface area (Å²) in [6.45, 7) is 4.83. The lowest BCUT2D eigenvalue weighted by molar-refractivity contribution is -0.122. The van der Waals surface area contributed by atoms with Gasteiger partial charge < -0.3 is 10.3 Å². The maximum Gasteiger partial charge on any atom is 0.234 e. The van der Waals surface area contributed by atoms with Gasteiger partial charge in [-0.1, -0.05) is 25.1 Å². The van der Waals surface area contributed by atoms with Crippen molar-refractivity contribution in [1.82, 2.24) is 15.2 Å². The Morgan fingerprint density at radius 1 is 1.28 bits per heavy atom.